The Morgan fingerprint density at radius 2 is 1.24 bits per heavy atom. The first kappa shape index (κ1) is 19.2. The van der Waals surface area contributed by atoms with Crippen LogP contribution in [-0.2, 0) is 0 Å². The molecule has 0 N–H and O–H groups in total. The van der Waals surface area contributed by atoms with Crippen LogP contribution >= 0.6 is 0 Å². The second-order valence-corrected chi connectivity index (χ2v) is 9.39. The first-order valence-corrected chi connectivity index (χ1v) is 12.6. The number of hydrogen-bond acceptors (Lipinski definition) is 2. The Morgan fingerprint density at radius 1 is 0.579 bits per heavy atom. The Morgan fingerprint density at radius 3 is 1.92 bits per heavy atom. The smallest absolute Gasteiger partial charge is 0.144 e. The van der Waals surface area contributed by atoms with Gasteiger partial charge < -0.3 is 4.42 Å². The van der Waals surface area contributed by atoms with Crippen LogP contribution in [0.5, 0.6) is 0 Å². The Hall–Kier alpha value is -4.95. The first-order valence-electron chi connectivity index (χ1n) is 14.1. The molecule has 0 radical (unpaired) electrons. The van der Waals surface area contributed by atoms with Crippen molar-refractivity contribution >= 4 is 21.9 Å². The summed E-state index contributed by atoms with van der Waals surface area (Å²) >= 11 is 0. The number of hydrogen-bond donors (Lipinski definition) is 0. The van der Waals surface area contributed by atoms with Crippen molar-refractivity contribution in [3.05, 3.63) is 139 Å². The molecule has 2 heterocycles. The number of pyridine rings is 1. The maximum Gasteiger partial charge on any atom is 0.144 e. The van der Waals surface area contributed by atoms with Gasteiger partial charge in [-0.3, -0.25) is 4.98 Å². The third kappa shape index (κ3) is 3.79. The van der Waals surface area contributed by atoms with Crippen LogP contribution in [-0.4, -0.2) is 4.98 Å². The molecule has 38 heavy (non-hydrogen) atoms. The second-order valence-electron chi connectivity index (χ2n) is 9.39. The van der Waals surface area contributed by atoms with E-state index in [9.17, 15) is 0 Å². The lowest BCUT2D eigenvalue weighted by Crippen LogP contribution is -1.90. The maximum absolute atomic E-state index is 8.28. The summed E-state index contributed by atoms with van der Waals surface area (Å²) in [6.45, 7) is -2.31. The van der Waals surface area contributed by atoms with Gasteiger partial charge in [0.15, 0.2) is 0 Å². The van der Waals surface area contributed by atoms with Gasteiger partial charge in [-0.2, -0.15) is 0 Å². The van der Waals surface area contributed by atoms with Crippen LogP contribution in [0.3, 0.4) is 0 Å². The molecule has 0 saturated carbocycles. The normalized spacial score (nSPS) is 12.8. The van der Waals surface area contributed by atoms with Gasteiger partial charge in [-0.1, -0.05) is 103 Å². The summed E-state index contributed by atoms with van der Waals surface area (Å²) in [6, 6.07) is 42.1. The Labute approximate surface area is 226 Å². The van der Waals surface area contributed by atoms with Crippen molar-refractivity contribution in [3.63, 3.8) is 0 Å². The number of nitrogens with zero attached hydrogens (tertiary/aromatic N) is 1. The standard InChI is InChI=1S/C36H25NO/c1-24-20-33(37-23-32(24)27-16-9-4-10-17-27)29-18-11-19-30-35-31(26-14-7-3-8-15-26)21-28(22-34(35)38-36(29)30)25-12-5-2-6-13-25/h2-23H,1H3/i1D3. The van der Waals surface area contributed by atoms with E-state index in [1.165, 1.54) is 0 Å². The number of para-hydroxylation sites is 1. The Bertz CT molecular complexity index is 2010. The molecule has 2 nitrogen and oxygen atoms in total. The zero-order chi connectivity index (χ0) is 28.0. The number of furan rings is 1. The van der Waals surface area contributed by atoms with Crippen molar-refractivity contribution in [2.24, 2.45) is 0 Å². The quantitative estimate of drug-likeness (QED) is 0.245. The number of fused-ring (bicyclic) bond motifs is 3. The third-order valence-corrected chi connectivity index (χ3v) is 7.06. The molecule has 7 aromatic rings. The molecule has 2 heteroatoms. The van der Waals surface area contributed by atoms with E-state index in [0.717, 1.165) is 49.7 Å². The minimum atomic E-state index is -2.31. The summed E-state index contributed by atoms with van der Waals surface area (Å²) in [5, 5.41) is 1.98. The van der Waals surface area contributed by atoms with E-state index < -0.39 is 6.85 Å². The summed E-state index contributed by atoms with van der Waals surface area (Å²) < 4.78 is 31.5. The van der Waals surface area contributed by atoms with Gasteiger partial charge in [-0.05, 0) is 64.5 Å². The van der Waals surface area contributed by atoms with Crippen molar-refractivity contribution in [2.45, 2.75) is 6.85 Å². The highest BCUT2D eigenvalue weighted by atomic mass is 16.3. The van der Waals surface area contributed by atoms with Crippen molar-refractivity contribution in [3.8, 4) is 44.6 Å². The number of rotatable bonds is 4. The summed E-state index contributed by atoms with van der Waals surface area (Å²) in [4.78, 5) is 4.76. The summed E-state index contributed by atoms with van der Waals surface area (Å²) in [5.41, 5.74) is 8.79. The van der Waals surface area contributed by atoms with Crippen LogP contribution in [0, 0.1) is 6.85 Å². The minimum absolute atomic E-state index is 0.262. The number of benzene rings is 5. The maximum atomic E-state index is 8.28. The van der Waals surface area contributed by atoms with Crippen LogP contribution in [0.15, 0.2) is 138 Å². The van der Waals surface area contributed by atoms with Gasteiger partial charge in [0.2, 0.25) is 0 Å². The first-order chi connectivity index (χ1) is 20.0. The predicted molar refractivity (Wildman–Crippen MR) is 158 cm³/mol. The predicted octanol–water partition coefficient (Wildman–Crippen LogP) is 9.96. The van der Waals surface area contributed by atoms with Crippen LogP contribution < -0.4 is 0 Å². The van der Waals surface area contributed by atoms with E-state index in [0.29, 0.717) is 16.8 Å². The van der Waals surface area contributed by atoms with Gasteiger partial charge in [0.05, 0.1) is 5.69 Å². The van der Waals surface area contributed by atoms with E-state index in [1.54, 1.807) is 12.3 Å². The topological polar surface area (TPSA) is 26.0 Å². The zero-order valence-electron chi connectivity index (χ0n) is 23.6. The minimum Gasteiger partial charge on any atom is -0.455 e. The van der Waals surface area contributed by atoms with E-state index in [2.05, 4.69) is 42.5 Å². The lowest BCUT2D eigenvalue weighted by Gasteiger charge is -2.09. The van der Waals surface area contributed by atoms with Crippen molar-refractivity contribution in [2.75, 3.05) is 0 Å². The molecule has 0 amide bonds. The molecule has 0 aliphatic rings. The van der Waals surface area contributed by atoms with E-state index >= 15 is 0 Å². The SMILES string of the molecule is [2H]C([2H])([2H])c1cc(-c2cccc3c2oc2cc(-c4ccccc4)cc(-c4ccccc4)c23)ncc1-c1ccccc1. The number of aromatic nitrogens is 1. The van der Waals surface area contributed by atoms with Crippen molar-refractivity contribution < 1.29 is 8.53 Å². The van der Waals surface area contributed by atoms with Crippen LogP contribution in [0.2, 0.25) is 0 Å². The molecule has 0 saturated heterocycles. The molecule has 180 valence electrons. The highest BCUT2D eigenvalue weighted by Gasteiger charge is 2.18. The van der Waals surface area contributed by atoms with Crippen LogP contribution in [0.25, 0.3) is 66.6 Å². The average molecular weight is 491 g/mol. The fourth-order valence-electron chi connectivity index (χ4n) is 5.22. The molecule has 0 spiro atoms. The number of aryl methyl sites for hydroxylation is 1. The Balaban J connectivity index is 1.48. The van der Waals surface area contributed by atoms with Crippen LogP contribution in [0.4, 0.5) is 0 Å². The fraction of sp³-hybridized carbons (Fsp3) is 0.0278. The summed E-state index contributed by atoms with van der Waals surface area (Å²) in [5.74, 6) is 0. The largest absolute Gasteiger partial charge is 0.455 e. The molecule has 0 atom stereocenters. The molecule has 0 fully saturated rings. The van der Waals surface area contributed by atoms with E-state index in [-0.39, 0.29) is 5.56 Å². The van der Waals surface area contributed by atoms with Gasteiger partial charge in [-0.15, -0.1) is 0 Å². The molecular weight excluding hydrogens is 462 g/mol. The van der Waals surface area contributed by atoms with Crippen molar-refractivity contribution in [1.82, 2.24) is 4.98 Å². The highest BCUT2D eigenvalue weighted by molar-refractivity contribution is 6.16. The lowest BCUT2D eigenvalue weighted by atomic mass is 9.94. The lowest BCUT2D eigenvalue weighted by molar-refractivity contribution is 0.670. The van der Waals surface area contributed by atoms with Crippen molar-refractivity contribution in [1.29, 1.82) is 0 Å². The van der Waals surface area contributed by atoms with Gasteiger partial charge in [0.1, 0.15) is 11.2 Å². The molecule has 2 aromatic heterocycles. The molecule has 0 bridgehead atoms. The summed E-state index contributed by atoms with van der Waals surface area (Å²) in [7, 11) is 0. The molecular formula is C36H25NO. The van der Waals surface area contributed by atoms with E-state index in [1.807, 2.05) is 78.9 Å². The fourth-order valence-corrected chi connectivity index (χ4v) is 5.22. The van der Waals surface area contributed by atoms with Gasteiger partial charge in [0.25, 0.3) is 0 Å². The average Bonchev–Trinajstić information content (AvgIpc) is 3.40. The van der Waals surface area contributed by atoms with Gasteiger partial charge in [0, 0.05) is 32.2 Å². The summed E-state index contributed by atoms with van der Waals surface area (Å²) in [6.07, 6.45) is 1.66. The van der Waals surface area contributed by atoms with Gasteiger partial charge in [-0.25, -0.2) is 0 Å². The molecule has 7 rings (SSSR count). The molecule has 0 aliphatic carbocycles. The zero-order valence-corrected chi connectivity index (χ0v) is 20.6. The third-order valence-electron chi connectivity index (χ3n) is 7.06. The molecule has 0 aliphatic heterocycles. The molecule has 5 aromatic carbocycles. The Kier molecular flexibility index (Phi) is 4.63. The van der Waals surface area contributed by atoms with Crippen LogP contribution in [0.1, 0.15) is 9.68 Å². The molecule has 0 unspecified atom stereocenters. The van der Waals surface area contributed by atoms with E-state index in [4.69, 9.17) is 13.5 Å². The van der Waals surface area contributed by atoms with Gasteiger partial charge >= 0.3 is 0 Å². The second kappa shape index (κ2) is 9.17. The monoisotopic (exact) mass is 490 g/mol. The highest BCUT2D eigenvalue weighted by Crippen LogP contribution is 2.42.